The van der Waals surface area contributed by atoms with Gasteiger partial charge in [-0.25, -0.2) is 0 Å². The van der Waals surface area contributed by atoms with Gasteiger partial charge in [0.25, 0.3) is 5.91 Å². The smallest absolute Gasteiger partial charge is 0.416 e. The first-order valence-corrected chi connectivity index (χ1v) is 7.27. The fourth-order valence-electron chi connectivity index (χ4n) is 2.28. The van der Waals surface area contributed by atoms with E-state index in [2.05, 4.69) is 5.32 Å². The highest BCUT2D eigenvalue weighted by atomic mass is 19.4. The zero-order valence-electron chi connectivity index (χ0n) is 12.5. The second-order valence-corrected chi connectivity index (χ2v) is 5.28. The summed E-state index contributed by atoms with van der Waals surface area (Å²) in [7, 11) is 0. The van der Waals surface area contributed by atoms with Crippen LogP contribution < -0.4 is 14.8 Å². The van der Waals surface area contributed by atoms with Crippen LogP contribution in [0.3, 0.4) is 0 Å². The molecule has 0 spiro atoms. The molecule has 3 rings (SSSR count). The average molecular weight is 337 g/mol. The molecule has 1 heterocycles. The number of carbonyl (C=O) groups excluding carboxylic acids is 1. The van der Waals surface area contributed by atoms with Crippen molar-refractivity contribution in [2.75, 3.05) is 13.2 Å². The van der Waals surface area contributed by atoms with E-state index in [0.717, 1.165) is 24.3 Å². The lowest BCUT2D eigenvalue weighted by Crippen LogP contribution is -2.40. The van der Waals surface area contributed by atoms with Crippen molar-refractivity contribution in [3.8, 4) is 11.5 Å². The summed E-state index contributed by atoms with van der Waals surface area (Å²) in [5.74, 6) is 0.770. The predicted octanol–water partition coefficient (Wildman–Crippen LogP) is 3.28. The Morgan fingerprint density at radius 2 is 1.75 bits per heavy atom. The second kappa shape index (κ2) is 6.43. The number of para-hydroxylation sites is 2. The van der Waals surface area contributed by atoms with E-state index in [4.69, 9.17) is 9.47 Å². The van der Waals surface area contributed by atoms with Gasteiger partial charge in [-0.05, 0) is 36.4 Å². The zero-order valence-corrected chi connectivity index (χ0v) is 12.5. The number of amides is 1. The number of alkyl halides is 3. The van der Waals surface area contributed by atoms with Crippen molar-refractivity contribution in [3.63, 3.8) is 0 Å². The minimum atomic E-state index is -4.42. The molecule has 0 aliphatic carbocycles. The topological polar surface area (TPSA) is 47.6 Å². The van der Waals surface area contributed by atoms with Crippen LogP contribution in [0.4, 0.5) is 13.2 Å². The van der Waals surface area contributed by atoms with Crippen molar-refractivity contribution in [2.24, 2.45) is 0 Å². The van der Waals surface area contributed by atoms with Gasteiger partial charge >= 0.3 is 6.18 Å². The molecule has 0 aromatic heterocycles. The highest BCUT2D eigenvalue weighted by molar-refractivity contribution is 5.94. The van der Waals surface area contributed by atoms with Gasteiger partial charge in [0.15, 0.2) is 11.5 Å². The van der Waals surface area contributed by atoms with E-state index >= 15 is 0 Å². The fraction of sp³-hybridized carbons (Fsp3) is 0.235. The first-order valence-electron chi connectivity index (χ1n) is 7.27. The number of rotatable bonds is 3. The van der Waals surface area contributed by atoms with Gasteiger partial charge < -0.3 is 14.8 Å². The van der Waals surface area contributed by atoms with Crippen molar-refractivity contribution in [1.29, 1.82) is 0 Å². The summed E-state index contributed by atoms with van der Waals surface area (Å²) in [5.41, 5.74) is -0.639. The Hall–Kier alpha value is -2.70. The van der Waals surface area contributed by atoms with Crippen LogP contribution in [0.5, 0.6) is 11.5 Å². The van der Waals surface area contributed by atoms with Crippen LogP contribution in [0.2, 0.25) is 0 Å². The van der Waals surface area contributed by atoms with E-state index in [9.17, 15) is 18.0 Å². The molecule has 2 aromatic carbocycles. The molecule has 1 amide bonds. The van der Waals surface area contributed by atoms with E-state index < -0.39 is 17.6 Å². The number of halogens is 3. The molecule has 126 valence electrons. The molecule has 0 saturated heterocycles. The summed E-state index contributed by atoms with van der Waals surface area (Å²) in [6, 6.07) is 11.2. The number of hydrogen-bond acceptors (Lipinski definition) is 3. The largest absolute Gasteiger partial charge is 0.486 e. The Balaban J connectivity index is 1.56. The molecule has 0 radical (unpaired) electrons. The minimum absolute atomic E-state index is 0.153. The van der Waals surface area contributed by atoms with Gasteiger partial charge in [0.05, 0.1) is 12.1 Å². The van der Waals surface area contributed by atoms with Crippen LogP contribution >= 0.6 is 0 Å². The monoisotopic (exact) mass is 337 g/mol. The fourth-order valence-corrected chi connectivity index (χ4v) is 2.28. The molecular weight excluding hydrogens is 323 g/mol. The van der Waals surface area contributed by atoms with Crippen molar-refractivity contribution >= 4 is 5.91 Å². The van der Waals surface area contributed by atoms with Gasteiger partial charge in [0.2, 0.25) is 0 Å². The average Bonchev–Trinajstić information content (AvgIpc) is 2.59. The van der Waals surface area contributed by atoms with Crippen molar-refractivity contribution in [1.82, 2.24) is 5.32 Å². The summed E-state index contributed by atoms with van der Waals surface area (Å²) in [4.78, 5) is 12.0. The zero-order chi connectivity index (χ0) is 17.2. The number of nitrogens with one attached hydrogen (secondary N) is 1. The van der Waals surface area contributed by atoms with Gasteiger partial charge in [-0.3, -0.25) is 4.79 Å². The first kappa shape index (κ1) is 16.2. The van der Waals surface area contributed by atoms with Crippen molar-refractivity contribution in [3.05, 3.63) is 59.7 Å². The van der Waals surface area contributed by atoms with E-state index in [1.165, 1.54) is 0 Å². The molecule has 4 nitrogen and oxygen atoms in total. The van der Waals surface area contributed by atoms with Crippen LogP contribution in [0.15, 0.2) is 48.5 Å². The molecule has 7 heteroatoms. The molecule has 0 fully saturated rings. The molecule has 0 unspecified atom stereocenters. The molecule has 1 aliphatic rings. The molecule has 24 heavy (non-hydrogen) atoms. The normalized spacial score (nSPS) is 16.5. The lowest BCUT2D eigenvalue weighted by atomic mass is 10.1. The van der Waals surface area contributed by atoms with Gasteiger partial charge in [-0.15, -0.1) is 0 Å². The van der Waals surface area contributed by atoms with Gasteiger partial charge in [0.1, 0.15) is 12.7 Å². The molecule has 0 saturated carbocycles. The Morgan fingerprint density at radius 1 is 1.08 bits per heavy atom. The van der Waals surface area contributed by atoms with Gasteiger partial charge in [-0.2, -0.15) is 13.2 Å². The molecule has 1 atom stereocenters. The van der Waals surface area contributed by atoms with Crippen LogP contribution in [0, 0.1) is 0 Å². The Bertz CT molecular complexity index is 729. The maximum absolute atomic E-state index is 12.5. The minimum Gasteiger partial charge on any atom is -0.486 e. The number of fused-ring (bicyclic) bond motifs is 1. The third kappa shape index (κ3) is 3.61. The third-order valence-corrected chi connectivity index (χ3v) is 3.53. The number of hydrogen-bond donors (Lipinski definition) is 1. The van der Waals surface area contributed by atoms with Crippen molar-refractivity contribution < 1.29 is 27.4 Å². The molecule has 0 bridgehead atoms. The van der Waals surface area contributed by atoms with Crippen molar-refractivity contribution in [2.45, 2.75) is 12.3 Å². The summed E-state index contributed by atoms with van der Waals surface area (Å²) in [6.07, 6.45) is -4.78. The maximum Gasteiger partial charge on any atom is 0.416 e. The second-order valence-electron chi connectivity index (χ2n) is 5.28. The molecule has 1 aliphatic heterocycles. The van der Waals surface area contributed by atoms with E-state index in [-0.39, 0.29) is 24.8 Å². The number of carbonyl (C=O) groups is 1. The van der Waals surface area contributed by atoms with Crippen LogP contribution in [0.25, 0.3) is 0 Å². The molecule has 1 N–H and O–H groups in total. The van der Waals surface area contributed by atoms with Gasteiger partial charge in [-0.1, -0.05) is 12.1 Å². The highest BCUT2D eigenvalue weighted by Crippen LogP contribution is 2.31. The van der Waals surface area contributed by atoms with E-state index in [1.807, 2.05) is 12.1 Å². The SMILES string of the molecule is O=C(NC[C@H]1COc2ccccc2O1)c1ccc(C(F)(F)F)cc1. The predicted molar refractivity (Wildman–Crippen MR) is 80.1 cm³/mol. The summed E-state index contributed by atoms with van der Waals surface area (Å²) >= 11 is 0. The Morgan fingerprint density at radius 3 is 2.42 bits per heavy atom. The third-order valence-electron chi connectivity index (χ3n) is 3.53. The molecular formula is C17H14F3NO3. The summed E-state index contributed by atoms with van der Waals surface area (Å²) in [5, 5.41) is 2.63. The first-order chi connectivity index (χ1) is 11.4. The lowest BCUT2D eigenvalue weighted by Gasteiger charge is -2.26. The summed E-state index contributed by atoms with van der Waals surface area (Å²) in [6.45, 7) is 0.471. The van der Waals surface area contributed by atoms with Crippen LogP contribution in [0.1, 0.15) is 15.9 Å². The molecule has 2 aromatic rings. The lowest BCUT2D eigenvalue weighted by molar-refractivity contribution is -0.137. The van der Waals surface area contributed by atoms with Crippen LogP contribution in [-0.2, 0) is 6.18 Å². The standard InChI is InChI=1S/C17H14F3NO3/c18-17(19,20)12-7-5-11(6-8-12)16(22)21-9-13-10-23-14-3-1-2-4-15(14)24-13/h1-8,13H,9-10H2,(H,21,22)/t13-/m0/s1. The van der Waals surface area contributed by atoms with Crippen LogP contribution in [-0.4, -0.2) is 25.2 Å². The van der Waals surface area contributed by atoms with Gasteiger partial charge in [0, 0.05) is 5.56 Å². The summed E-state index contributed by atoms with van der Waals surface area (Å²) < 4.78 is 48.7. The van der Waals surface area contributed by atoms with E-state index in [0.29, 0.717) is 11.5 Å². The highest BCUT2D eigenvalue weighted by Gasteiger charge is 2.30. The Kier molecular flexibility index (Phi) is 4.33. The Labute approximate surface area is 136 Å². The quantitative estimate of drug-likeness (QED) is 0.935. The maximum atomic E-state index is 12.5. The van der Waals surface area contributed by atoms with E-state index in [1.54, 1.807) is 12.1 Å². The number of ether oxygens (including phenoxy) is 2. The number of benzene rings is 2.